The third-order valence-electron chi connectivity index (χ3n) is 12.1. The number of carbonyl (C=O) groups is 2. The van der Waals surface area contributed by atoms with Crippen LogP contribution in [-0.4, -0.2) is 55.3 Å². The minimum absolute atomic E-state index is 0.141. The normalized spacial score (nSPS) is 13.4. The van der Waals surface area contributed by atoms with Gasteiger partial charge in [-0.25, -0.2) is 14.8 Å². The molecule has 12 rings (SSSR count). The molecule has 0 bridgehead atoms. The number of hydrogen-bond donors (Lipinski definition) is 3. The van der Waals surface area contributed by atoms with E-state index in [2.05, 4.69) is 130 Å². The fourth-order valence-electron chi connectivity index (χ4n) is 8.28. The molecule has 2 aliphatic carbocycles. The second-order valence-electron chi connectivity index (χ2n) is 17.1. The largest absolute Gasteiger partial charge is 0.478 e. The van der Waals surface area contributed by atoms with E-state index in [9.17, 15) is 9.59 Å². The van der Waals surface area contributed by atoms with Gasteiger partial charge in [-0.05, 0) is 118 Å². The van der Waals surface area contributed by atoms with E-state index in [1.165, 1.54) is 65.5 Å². The Morgan fingerprint density at radius 3 is 1.64 bits per heavy atom. The number of carboxylic acids is 1. The number of rotatable bonds is 11. The van der Waals surface area contributed by atoms with Gasteiger partial charge in [-0.2, -0.15) is 10.2 Å². The summed E-state index contributed by atoms with van der Waals surface area (Å²) in [7, 11) is 0. The van der Waals surface area contributed by atoms with Gasteiger partial charge >= 0.3 is 5.97 Å². The van der Waals surface area contributed by atoms with Crippen molar-refractivity contribution in [3.05, 3.63) is 200 Å². The minimum Gasteiger partial charge on any atom is -0.478 e. The van der Waals surface area contributed by atoms with Crippen LogP contribution >= 0.6 is 31.9 Å². The lowest BCUT2D eigenvalue weighted by Gasteiger charge is -2.08. The number of aromatic carboxylic acids is 1. The molecule has 10 aromatic rings. The highest BCUT2D eigenvalue weighted by Gasteiger charge is 2.25. The molecule has 0 unspecified atom stereocenters. The highest BCUT2D eigenvalue weighted by atomic mass is 79.9. The number of fused-ring (bicyclic) bond motifs is 4. The van der Waals surface area contributed by atoms with Gasteiger partial charge in [-0.15, -0.1) is 0 Å². The summed E-state index contributed by atoms with van der Waals surface area (Å²) in [5.74, 6) is 0.315. The van der Waals surface area contributed by atoms with E-state index in [1.54, 1.807) is 21.8 Å². The lowest BCUT2D eigenvalue weighted by Crippen LogP contribution is -2.22. The van der Waals surface area contributed by atoms with E-state index in [0.29, 0.717) is 43.6 Å². The Kier molecular flexibility index (Phi) is 12.5. The summed E-state index contributed by atoms with van der Waals surface area (Å²) in [6, 6.07) is 33.2. The lowest BCUT2D eigenvalue weighted by atomic mass is 10.0. The first kappa shape index (κ1) is 43.9. The molecule has 0 atom stereocenters. The van der Waals surface area contributed by atoms with Gasteiger partial charge < -0.3 is 25.0 Å². The number of nitrogens with zero attached hydrogens (tertiary/aromatic N) is 8. The smallest absolute Gasteiger partial charge is 0.338 e. The third-order valence-corrected chi connectivity index (χ3v) is 13.1. The zero-order valence-electron chi connectivity index (χ0n) is 36.3. The van der Waals surface area contributed by atoms with Crippen molar-refractivity contribution < 1.29 is 14.7 Å². The van der Waals surface area contributed by atoms with Crippen LogP contribution < -0.4 is 11.1 Å². The van der Waals surface area contributed by atoms with Crippen molar-refractivity contribution in [2.24, 2.45) is 5.73 Å². The van der Waals surface area contributed by atoms with Crippen molar-refractivity contribution in [3.63, 3.8) is 0 Å². The number of nitrogens with one attached hydrogen (secondary N) is 1. The lowest BCUT2D eigenvalue weighted by molar-refractivity contribution is 0.0696. The zero-order valence-corrected chi connectivity index (χ0v) is 39.5. The van der Waals surface area contributed by atoms with E-state index < -0.39 is 5.97 Å². The molecule has 15 heteroatoms. The highest BCUT2D eigenvalue weighted by molar-refractivity contribution is 9.10. The predicted octanol–water partition coefficient (Wildman–Crippen LogP) is 10.5. The first-order chi connectivity index (χ1) is 32.6. The number of hydrogen-bond acceptors (Lipinski definition) is 7. The van der Waals surface area contributed by atoms with Gasteiger partial charge in [0.2, 0.25) is 0 Å². The number of pyridine rings is 2. The summed E-state index contributed by atoms with van der Waals surface area (Å²) in [6.07, 6.45) is 19.7. The molecule has 13 nitrogen and oxygen atoms in total. The van der Waals surface area contributed by atoms with Gasteiger partial charge in [-0.1, -0.05) is 92.5 Å². The van der Waals surface area contributed by atoms with Crippen LogP contribution in [0.3, 0.4) is 0 Å². The second kappa shape index (κ2) is 19.1. The minimum atomic E-state index is -0.967. The van der Waals surface area contributed by atoms with Crippen LogP contribution in [0.4, 0.5) is 0 Å². The molecule has 0 radical (unpaired) electrons. The van der Waals surface area contributed by atoms with Crippen LogP contribution in [0.1, 0.15) is 91.9 Å². The standard InChI is InChI=1S/C26H22BrN5O.C15H14N4O2.C11H10BrN/c27-22-8-6-18-2-1-3-19(24(18)10-22)11-28-26(33)21-12-29-32(14-21)16-23-15-31-13-20(17-4-5-17)7-9-25(31)30-23;20-15(21)12-5-16-19(7-12)9-13-8-18-6-11(10-1-2-10)3-4-14(18)17-13;12-10-5-4-8-2-1-3-9(7-13)11(8)6-10/h1-3,6-10,12-15,17H,4-5,11,16H2,(H,28,33);3-8,10H,1-2,9H2,(H,20,21);1-6H,7,13H2. The topological polar surface area (TPSA) is 163 Å². The van der Waals surface area contributed by atoms with E-state index in [0.717, 1.165) is 48.0 Å². The average Bonchev–Trinajstić information content (AvgIpc) is 4.17. The maximum Gasteiger partial charge on any atom is 0.338 e. The molecule has 4 aromatic carbocycles. The highest BCUT2D eigenvalue weighted by Crippen LogP contribution is 2.40. The van der Waals surface area contributed by atoms with Crippen LogP contribution in [0, 0.1) is 0 Å². The summed E-state index contributed by atoms with van der Waals surface area (Å²) in [5, 5.41) is 25.1. The van der Waals surface area contributed by atoms with Crippen molar-refractivity contribution in [2.75, 3.05) is 0 Å². The SMILES string of the molecule is NCc1cccc2ccc(Br)cc12.O=C(NCc1cccc2ccc(Br)cc12)c1cnn(Cc2cn3cc(C4CC4)ccc3n2)c1.O=C(O)c1cnn(Cc2cn3cc(C4CC4)ccc3n2)c1. The van der Waals surface area contributed by atoms with Gasteiger partial charge in [0, 0.05) is 59.2 Å². The zero-order chi connectivity index (χ0) is 46.0. The van der Waals surface area contributed by atoms with Crippen LogP contribution in [0.25, 0.3) is 32.8 Å². The Bertz CT molecular complexity index is 3440. The van der Waals surface area contributed by atoms with Gasteiger partial charge in [0.15, 0.2) is 0 Å². The number of amides is 1. The van der Waals surface area contributed by atoms with Crippen LogP contribution in [-0.2, 0) is 26.2 Å². The third kappa shape index (κ3) is 10.4. The number of carboxylic acid groups (broad SMARTS) is 1. The van der Waals surface area contributed by atoms with E-state index in [-0.39, 0.29) is 11.5 Å². The number of benzene rings is 4. The van der Waals surface area contributed by atoms with Crippen molar-refractivity contribution in [1.29, 1.82) is 0 Å². The Morgan fingerprint density at radius 2 is 1.13 bits per heavy atom. The Labute approximate surface area is 402 Å². The molecule has 2 fully saturated rings. The number of imidazole rings is 2. The number of nitrogens with two attached hydrogens (primary N) is 1. The van der Waals surface area contributed by atoms with Gasteiger partial charge in [0.1, 0.15) is 11.3 Å². The first-order valence-corrected chi connectivity index (χ1v) is 23.8. The maximum absolute atomic E-state index is 12.7. The quantitative estimate of drug-likeness (QED) is 0.115. The fourth-order valence-corrected chi connectivity index (χ4v) is 9.00. The van der Waals surface area contributed by atoms with Crippen molar-refractivity contribution in [3.8, 4) is 0 Å². The van der Waals surface area contributed by atoms with Gasteiger partial charge in [0.05, 0.1) is 48.0 Å². The monoisotopic (exact) mass is 1020 g/mol. The van der Waals surface area contributed by atoms with Crippen LogP contribution in [0.5, 0.6) is 0 Å². The van der Waals surface area contributed by atoms with Crippen LogP contribution in [0.2, 0.25) is 0 Å². The van der Waals surface area contributed by atoms with Crippen molar-refractivity contribution in [1.82, 2.24) is 43.6 Å². The maximum atomic E-state index is 12.7. The molecule has 0 spiro atoms. The molecule has 4 N–H and O–H groups in total. The van der Waals surface area contributed by atoms with E-state index in [4.69, 9.17) is 15.8 Å². The summed E-state index contributed by atoms with van der Waals surface area (Å²) in [5.41, 5.74) is 15.0. The summed E-state index contributed by atoms with van der Waals surface area (Å²) in [4.78, 5) is 32.8. The average molecular weight is 1020 g/mol. The molecule has 0 aliphatic heterocycles. The second-order valence-corrected chi connectivity index (χ2v) is 18.9. The number of halogens is 2. The number of carbonyl (C=O) groups excluding carboxylic acids is 1. The molecular formula is C52H46Br2N10O3. The van der Waals surface area contributed by atoms with Gasteiger partial charge in [-0.3, -0.25) is 14.2 Å². The van der Waals surface area contributed by atoms with Crippen LogP contribution in [0.15, 0.2) is 156 Å². The molecule has 1 amide bonds. The fraction of sp³-hybridized carbons (Fsp3) is 0.192. The Morgan fingerprint density at radius 1 is 0.627 bits per heavy atom. The molecule has 0 saturated heterocycles. The molecule has 2 aliphatic rings. The summed E-state index contributed by atoms with van der Waals surface area (Å²) < 4.78 is 9.58. The molecule has 67 heavy (non-hydrogen) atoms. The Hall–Kier alpha value is -6.94. The summed E-state index contributed by atoms with van der Waals surface area (Å²) in [6.45, 7) is 2.03. The van der Waals surface area contributed by atoms with E-state index in [1.807, 2.05) is 53.2 Å². The molecule has 2 saturated carbocycles. The first-order valence-electron chi connectivity index (χ1n) is 22.2. The van der Waals surface area contributed by atoms with E-state index >= 15 is 0 Å². The summed E-state index contributed by atoms with van der Waals surface area (Å²) >= 11 is 6.99. The molecule has 6 heterocycles. The molecule has 6 aromatic heterocycles. The Balaban J connectivity index is 0.000000131. The van der Waals surface area contributed by atoms with Crippen molar-refractivity contribution in [2.45, 2.75) is 63.7 Å². The molecule has 336 valence electrons. The predicted molar refractivity (Wildman–Crippen MR) is 266 cm³/mol. The molecular weight excluding hydrogens is 972 g/mol. The van der Waals surface area contributed by atoms with Crippen molar-refractivity contribution >= 4 is 76.6 Å². The number of aromatic nitrogens is 8. The van der Waals surface area contributed by atoms with Gasteiger partial charge in [0.25, 0.3) is 5.91 Å².